The largest absolute Gasteiger partial charge is 0.491 e. The second-order valence-electron chi connectivity index (χ2n) is 4.07. The molecule has 1 aromatic carbocycles. The summed E-state index contributed by atoms with van der Waals surface area (Å²) in [6.45, 7) is 2.17. The highest BCUT2D eigenvalue weighted by Crippen LogP contribution is 2.28. The van der Waals surface area contributed by atoms with Gasteiger partial charge in [-0.15, -0.1) is 0 Å². The number of hydrogen-bond acceptors (Lipinski definition) is 3. The summed E-state index contributed by atoms with van der Waals surface area (Å²) in [4.78, 5) is 7.14. The lowest BCUT2D eigenvalue weighted by Crippen LogP contribution is -1.95. The predicted molar refractivity (Wildman–Crippen MR) is 75.4 cm³/mol. The van der Waals surface area contributed by atoms with Gasteiger partial charge in [0.15, 0.2) is 10.4 Å². The smallest absolute Gasteiger partial charge is 0.179 e. The van der Waals surface area contributed by atoms with E-state index in [9.17, 15) is 0 Å². The van der Waals surface area contributed by atoms with Gasteiger partial charge in [-0.3, -0.25) is 0 Å². The molecule has 0 atom stereocenters. The SMILES string of the molecule is CCCc1cccc(-c2[nH]cnc(=S)c2OC)c1. The second-order valence-corrected chi connectivity index (χ2v) is 4.45. The number of aromatic amines is 1. The number of ether oxygens (including phenoxy) is 1. The molecule has 0 aliphatic carbocycles. The maximum Gasteiger partial charge on any atom is 0.179 e. The number of benzene rings is 1. The van der Waals surface area contributed by atoms with E-state index in [-0.39, 0.29) is 0 Å². The topological polar surface area (TPSA) is 37.9 Å². The number of rotatable bonds is 4. The van der Waals surface area contributed by atoms with Crippen molar-refractivity contribution in [3.05, 3.63) is 40.8 Å². The molecule has 0 amide bonds. The van der Waals surface area contributed by atoms with Crippen LogP contribution in [0.4, 0.5) is 0 Å². The molecule has 0 bridgehead atoms. The van der Waals surface area contributed by atoms with Crippen LogP contribution in [0.15, 0.2) is 30.6 Å². The molecule has 0 spiro atoms. The van der Waals surface area contributed by atoms with Crippen LogP contribution in [0.1, 0.15) is 18.9 Å². The molecule has 1 aromatic heterocycles. The third-order valence-corrected chi connectivity index (χ3v) is 3.06. The molecule has 4 heteroatoms. The van der Waals surface area contributed by atoms with Crippen LogP contribution in [0.5, 0.6) is 5.75 Å². The summed E-state index contributed by atoms with van der Waals surface area (Å²) in [6.07, 6.45) is 3.81. The first kappa shape index (κ1) is 12.8. The molecule has 2 aromatic rings. The number of methoxy groups -OCH3 is 1. The average Bonchev–Trinajstić information content (AvgIpc) is 2.39. The molecule has 3 nitrogen and oxygen atoms in total. The lowest BCUT2D eigenvalue weighted by Gasteiger charge is -2.09. The molecule has 0 saturated heterocycles. The van der Waals surface area contributed by atoms with Gasteiger partial charge in [0.1, 0.15) is 0 Å². The zero-order chi connectivity index (χ0) is 13.0. The molecule has 0 fully saturated rings. The van der Waals surface area contributed by atoms with Gasteiger partial charge in [-0.1, -0.05) is 43.8 Å². The molecule has 2 rings (SSSR count). The minimum atomic E-state index is 0.479. The summed E-state index contributed by atoms with van der Waals surface area (Å²) in [7, 11) is 1.61. The number of nitrogens with one attached hydrogen (secondary N) is 1. The van der Waals surface area contributed by atoms with E-state index in [1.807, 2.05) is 6.07 Å². The van der Waals surface area contributed by atoms with Crippen molar-refractivity contribution in [3.8, 4) is 17.0 Å². The number of nitrogens with zero attached hydrogens (tertiary/aromatic N) is 1. The summed E-state index contributed by atoms with van der Waals surface area (Å²) in [5.74, 6) is 0.626. The van der Waals surface area contributed by atoms with Crippen molar-refractivity contribution in [3.63, 3.8) is 0 Å². The van der Waals surface area contributed by atoms with Crippen LogP contribution in [0, 0.1) is 4.64 Å². The lowest BCUT2D eigenvalue weighted by molar-refractivity contribution is 0.411. The number of aromatic nitrogens is 2. The fourth-order valence-electron chi connectivity index (χ4n) is 1.96. The average molecular weight is 260 g/mol. The zero-order valence-electron chi connectivity index (χ0n) is 10.6. The van der Waals surface area contributed by atoms with Crippen molar-refractivity contribution in [2.24, 2.45) is 0 Å². The van der Waals surface area contributed by atoms with Crippen molar-refractivity contribution in [2.45, 2.75) is 19.8 Å². The third kappa shape index (κ3) is 2.59. The van der Waals surface area contributed by atoms with Crippen molar-refractivity contribution < 1.29 is 4.74 Å². The summed E-state index contributed by atoms with van der Waals surface area (Å²) in [6, 6.07) is 8.39. The van der Waals surface area contributed by atoms with Gasteiger partial charge in [0.05, 0.1) is 19.1 Å². The Morgan fingerprint density at radius 2 is 2.22 bits per heavy atom. The molecule has 0 unspecified atom stereocenters. The maximum absolute atomic E-state index is 5.33. The highest BCUT2D eigenvalue weighted by molar-refractivity contribution is 7.71. The second kappa shape index (κ2) is 5.78. The van der Waals surface area contributed by atoms with Crippen LogP contribution in [-0.2, 0) is 6.42 Å². The number of H-pyrrole nitrogens is 1. The first-order chi connectivity index (χ1) is 8.76. The van der Waals surface area contributed by atoms with Gasteiger partial charge >= 0.3 is 0 Å². The van der Waals surface area contributed by atoms with Crippen LogP contribution < -0.4 is 4.74 Å². The standard InChI is InChI=1S/C14H16N2OS/c1-3-5-10-6-4-7-11(8-10)12-13(17-2)14(18)16-9-15-12/h4,6-9H,3,5H2,1-2H3,(H,15,16,18). The molecular formula is C14H16N2OS. The minimum Gasteiger partial charge on any atom is -0.491 e. The Hall–Kier alpha value is -1.68. The highest BCUT2D eigenvalue weighted by atomic mass is 32.1. The van der Waals surface area contributed by atoms with Gasteiger partial charge in [-0.2, -0.15) is 0 Å². The molecule has 94 valence electrons. The number of aryl methyl sites for hydroxylation is 1. The summed E-state index contributed by atoms with van der Waals surface area (Å²) in [5.41, 5.74) is 3.27. The first-order valence-electron chi connectivity index (χ1n) is 5.97. The molecule has 0 radical (unpaired) electrons. The van der Waals surface area contributed by atoms with E-state index < -0.39 is 0 Å². The Morgan fingerprint density at radius 1 is 1.39 bits per heavy atom. The fraction of sp³-hybridized carbons (Fsp3) is 0.286. The van der Waals surface area contributed by atoms with Crippen LogP contribution >= 0.6 is 12.2 Å². The Kier molecular flexibility index (Phi) is 4.10. The van der Waals surface area contributed by atoms with Crippen molar-refractivity contribution in [1.82, 2.24) is 9.97 Å². The minimum absolute atomic E-state index is 0.479. The molecule has 0 saturated carbocycles. The Morgan fingerprint density at radius 3 is 2.94 bits per heavy atom. The van der Waals surface area contributed by atoms with Gasteiger partial charge in [0.25, 0.3) is 0 Å². The van der Waals surface area contributed by atoms with Crippen LogP contribution in [-0.4, -0.2) is 17.1 Å². The Bertz CT molecular complexity index is 592. The van der Waals surface area contributed by atoms with Crippen molar-refractivity contribution in [1.29, 1.82) is 0 Å². The monoisotopic (exact) mass is 260 g/mol. The first-order valence-corrected chi connectivity index (χ1v) is 6.38. The van der Waals surface area contributed by atoms with E-state index in [2.05, 4.69) is 35.1 Å². The van der Waals surface area contributed by atoms with E-state index in [1.165, 1.54) is 5.56 Å². The van der Waals surface area contributed by atoms with Crippen LogP contribution in [0.2, 0.25) is 0 Å². The fourth-order valence-corrected chi connectivity index (χ4v) is 2.20. The Labute approximate surface area is 112 Å². The van der Waals surface area contributed by atoms with E-state index in [0.29, 0.717) is 10.4 Å². The zero-order valence-corrected chi connectivity index (χ0v) is 11.4. The predicted octanol–water partition coefficient (Wildman–Crippen LogP) is 3.77. The number of hydrogen-bond donors (Lipinski definition) is 1. The summed E-state index contributed by atoms with van der Waals surface area (Å²) < 4.78 is 5.81. The van der Waals surface area contributed by atoms with E-state index in [0.717, 1.165) is 24.1 Å². The van der Waals surface area contributed by atoms with Crippen LogP contribution in [0.3, 0.4) is 0 Å². The summed E-state index contributed by atoms with van der Waals surface area (Å²) in [5, 5.41) is 0. The van der Waals surface area contributed by atoms with Crippen molar-refractivity contribution >= 4 is 12.2 Å². The van der Waals surface area contributed by atoms with E-state index in [1.54, 1.807) is 13.4 Å². The van der Waals surface area contributed by atoms with Crippen molar-refractivity contribution in [2.75, 3.05) is 7.11 Å². The Balaban J connectivity index is 2.51. The van der Waals surface area contributed by atoms with E-state index in [4.69, 9.17) is 17.0 Å². The van der Waals surface area contributed by atoms with Gasteiger partial charge in [0, 0.05) is 5.56 Å². The van der Waals surface area contributed by atoms with E-state index >= 15 is 0 Å². The molecule has 1 heterocycles. The molecular weight excluding hydrogens is 244 g/mol. The lowest BCUT2D eigenvalue weighted by atomic mass is 10.0. The molecule has 0 aliphatic heterocycles. The maximum atomic E-state index is 5.33. The normalized spacial score (nSPS) is 10.3. The quantitative estimate of drug-likeness (QED) is 0.850. The summed E-state index contributed by atoms with van der Waals surface area (Å²) >= 11 is 5.17. The third-order valence-electron chi connectivity index (χ3n) is 2.77. The van der Waals surface area contributed by atoms with Crippen LogP contribution in [0.25, 0.3) is 11.3 Å². The van der Waals surface area contributed by atoms with Gasteiger partial charge < -0.3 is 9.72 Å². The molecule has 1 N–H and O–H groups in total. The molecule has 18 heavy (non-hydrogen) atoms. The van der Waals surface area contributed by atoms with Gasteiger partial charge in [0.2, 0.25) is 0 Å². The highest BCUT2D eigenvalue weighted by Gasteiger charge is 2.08. The molecule has 0 aliphatic rings. The van der Waals surface area contributed by atoms with Gasteiger partial charge in [-0.25, -0.2) is 4.98 Å². The van der Waals surface area contributed by atoms with Gasteiger partial charge in [-0.05, 0) is 18.1 Å².